The number of anilines is 1. The fourth-order valence-corrected chi connectivity index (χ4v) is 2.66. The number of benzene rings is 1. The molecule has 1 aromatic carbocycles. The van der Waals surface area contributed by atoms with Gasteiger partial charge in [0, 0.05) is 24.7 Å². The van der Waals surface area contributed by atoms with Crippen LogP contribution in [0.25, 0.3) is 0 Å². The summed E-state index contributed by atoms with van der Waals surface area (Å²) in [7, 11) is 0. The molecule has 16 heavy (non-hydrogen) atoms. The van der Waals surface area contributed by atoms with E-state index in [1.807, 2.05) is 0 Å². The summed E-state index contributed by atoms with van der Waals surface area (Å²) in [5, 5.41) is 0. The maximum Gasteiger partial charge on any atom is 0.0494 e. The smallest absolute Gasteiger partial charge is 0.0494 e. The number of halogens is 1. The van der Waals surface area contributed by atoms with Crippen LogP contribution in [0.5, 0.6) is 0 Å². The lowest BCUT2D eigenvalue weighted by atomic mass is 10.1. The van der Waals surface area contributed by atoms with Crippen LogP contribution >= 0.6 is 11.6 Å². The van der Waals surface area contributed by atoms with Crippen molar-refractivity contribution in [1.29, 1.82) is 0 Å². The summed E-state index contributed by atoms with van der Waals surface area (Å²) in [5.41, 5.74) is 3.93. The predicted molar refractivity (Wildman–Crippen MR) is 71.4 cm³/mol. The molecule has 0 saturated carbocycles. The molecule has 1 aromatic rings. The first-order chi connectivity index (χ1) is 7.81. The van der Waals surface area contributed by atoms with E-state index in [2.05, 4.69) is 30.0 Å². The monoisotopic (exact) mass is 237 g/mol. The predicted octanol–water partition coefficient (Wildman–Crippen LogP) is 4.11. The van der Waals surface area contributed by atoms with Gasteiger partial charge in [-0.1, -0.05) is 30.5 Å². The summed E-state index contributed by atoms with van der Waals surface area (Å²) < 4.78 is 0. The van der Waals surface area contributed by atoms with Gasteiger partial charge in [-0.2, -0.15) is 0 Å². The highest BCUT2D eigenvalue weighted by molar-refractivity contribution is 6.17. The van der Waals surface area contributed by atoms with E-state index in [1.165, 1.54) is 55.6 Å². The van der Waals surface area contributed by atoms with Crippen molar-refractivity contribution < 1.29 is 0 Å². The number of alkyl halides is 1. The molecule has 1 saturated heterocycles. The molecule has 0 radical (unpaired) electrons. The minimum atomic E-state index is 0.619. The molecule has 0 amide bonds. The standard InChI is InChI=1S/C14H20ClN/c1-12-6-7-14(13(10-12)11-15)16-8-4-2-3-5-9-16/h6-7,10H,2-5,8-9,11H2,1H3. The van der Waals surface area contributed by atoms with Gasteiger partial charge in [0.25, 0.3) is 0 Å². The van der Waals surface area contributed by atoms with Crippen molar-refractivity contribution in [1.82, 2.24) is 0 Å². The topological polar surface area (TPSA) is 3.24 Å². The molecular formula is C14H20ClN. The van der Waals surface area contributed by atoms with Crippen LogP contribution in [0.3, 0.4) is 0 Å². The molecule has 0 unspecified atom stereocenters. The zero-order chi connectivity index (χ0) is 11.4. The van der Waals surface area contributed by atoms with Crippen molar-refractivity contribution in [3.05, 3.63) is 29.3 Å². The molecule has 0 N–H and O–H groups in total. The quantitative estimate of drug-likeness (QED) is 0.700. The van der Waals surface area contributed by atoms with Crippen molar-refractivity contribution in [2.45, 2.75) is 38.5 Å². The Hall–Kier alpha value is -0.690. The number of hydrogen-bond donors (Lipinski definition) is 0. The van der Waals surface area contributed by atoms with Gasteiger partial charge in [0.1, 0.15) is 0 Å². The molecular weight excluding hydrogens is 218 g/mol. The van der Waals surface area contributed by atoms with Crippen molar-refractivity contribution in [2.75, 3.05) is 18.0 Å². The van der Waals surface area contributed by atoms with Gasteiger partial charge < -0.3 is 4.90 Å². The molecule has 0 aromatic heterocycles. The summed E-state index contributed by atoms with van der Waals surface area (Å²) in [6.07, 6.45) is 5.38. The van der Waals surface area contributed by atoms with Crippen LogP contribution in [0.2, 0.25) is 0 Å². The Morgan fingerprint density at radius 3 is 2.44 bits per heavy atom. The Bertz CT molecular complexity index is 341. The van der Waals surface area contributed by atoms with Gasteiger partial charge in [0.15, 0.2) is 0 Å². The lowest BCUT2D eigenvalue weighted by Crippen LogP contribution is -2.24. The van der Waals surface area contributed by atoms with Gasteiger partial charge in [-0.15, -0.1) is 11.6 Å². The molecule has 88 valence electrons. The van der Waals surface area contributed by atoms with Crippen LogP contribution in [0.15, 0.2) is 18.2 Å². The largest absolute Gasteiger partial charge is 0.371 e. The van der Waals surface area contributed by atoms with Gasteiger partial charge in [0.05, 0.1) is 0 Å². The molecule has 0 spiro atoms. The first kappa shape index (κ1) is 11.8. The molecule has 1 fully saturated rings. The van der Waals surface area contributed by atoms with Crippen molar-refractivity contribution in [3.8, 4) is 0 Å². The van der Waals surface area contributed by atoms with Gasteiger partial charge in [0.2, 0.25) is 0 Å². The molecule has 0 aliphatic carbocycles. The highest BCUT2D eigenvalue weighted by Crippen LogP contribution is 2.26. The van der Waals surface area contributed by atoms with E-state index in [4.69, 9.17) is 11.6 Å². The fourth-order valence-electron chi connectivity index (χ4n) is 2.44. The van der Waals surface area contributed by atoms with Crippen LogP contribution in [0, 0.1) is 6.92 Å². The van der Waals surface area contributed by atoms with E-state index in [-0.39, 0.29) is 0 Å². The number of nitrogens with zero attached hydrogens (tertiary/aromatic N) is 1. The average molecular weight is 238 g/mol. The lowest BCUT2D eigenvalue weighted by Gasteiger charge is -2.25. The van der Waals surface area contributed by atoms with E-state index in [1.54, 1.807) is 0 Å². The lowest BCUT2D eigenvalue weighted by molar-refractivity contribution is 0.726. The van der Waals surface area contributed by atoms with Crippen LogP contribution in [-0.4, -0.2) is 13.1 Å². The Morgan fingerprint density at radius 1 is 1.12 bits per heavy atom. The Labute approximate surface area is 103 Å². The third kappa shape index (κ3) is 2.70. The third-order valence-electron chi connectivity index (χ3n) is 3.33. The summed E-state index contributed by atoms with van der Waals surface area (Å²) in [6.45, 7) is 4.50. The minimum Gasteiger partial charge on any atom is -0.371 e. The summed E-state index contributed by atoms with van der Waals surface area (Å²) in [6, 6.07) is 6.64. The van der Waals surface area contributed by atoms with E-state index in [9.17, 15) is 0 Å². The van der Waals surface area contributed by atoms with Crippen LogP contribution in [0.4, 0.5) is 5.69 Å². The van der Waals surface area contributed by atoms with E-state index in [0.29, 0.717) is 5.88 Å². The molecule has 1 nitrogen and oxygen atoms in total. The van der Waals surface area contributed by atoms with Crippen molar-refractivity contribution in [3.63, 3.8) is 0 Å². The second kappa shape index (κ2) is 5.58. The van der Waals surface area contributed by atoms with Gasteiger partial charge >= 0.3 is 0 Å². The van der Waals surface area contributed by atoms with Crippen LogP contribution < -0.4 is 4.90 Å². The van der Waals surface area contributed by atoms with Crippen molar-refractivity contribution >= 4 is 17.3 Å². The normalized spacial score (nSPS) is 17.2. The van der Waals surface area contributed by atoms with Crippen molar-refractivity contribution in [2.24, 2.45) is 0 Å². The summed E-state index contributed by atoms with van der Waals surface area (Å²) in [5.74, 6) is 0.619. The molecule has 1 aliphatic rings. The van der Waals surface area contributed by atoms with Gasteiger partial charge in [-0.3, -0.25) is 0 Å². The van der Waals surface area contributed by atoms with Crippen LogP contribution in [0.1, 0.15) is 36.8 Å². The number of hydrogen-bond acceptors (Lipinski definition) is 1. The molecule has 0 bridgehead atoms. The highest BCUT2D eigenvalue weighted by Gasteiger charge is 2.12. The second-order valence-corrected chi connectivity index (χ2v) is 4.93. The van der Waals surface area contributed by atoms with E-state index >= 15 is 0 Å². The zero-order valence-electron chi connectivity index (χ0n) is 10.0. The maximum absolute atomic E-state index is 6.04. The molecule has 2 heteroatoms. The summed E-state index contributed by atoms with van der Waals surface area (Å²) in [4.78, 5) is 2.50. The minimum absolute atomic E-state index is 0.619. The number of aryl methyl sites for hydroxylation is 1. The average Bonchev–Trinajstić information content (AvgIpc) is 2.57. The van der Waals surface area contributed by atoms with E-state index in [0.717, 1.165) is 0 Å². The highest BCUT2D eigenvalue weighted by atomic mass is 35.5. The first-order valence-corrected chi connectivity index (χ1v) is 6.75. The van der Waals surface area contributed by atoms with Crippen LogP contribution in [-0.2, 0) is 5.88 Å². The molecule has 2 rings (SSSR count). The molecule has 1 aliphatic heterocycles. The zero-order valence-corrected chi connectivity index (χ0v) is 10.8. The third-order valence-corrected chi connectivity index (χ3v) is 3.61. The fraction of sp³-hybridized carbons (Fsp3) is 0.571. The second-order valence-electron chi connectivity index (χ2n) is 4.67. The Balaban J connectivity index is 2.23. The molecule has 0 atom stereocenters. The summed E-state index contributed by atoms with van der Waals surface area (Å²) >= 11 is 6.04. The SMILES string of the molecule is Cc1ccc(N2CCCCCC2)c(CCl)c1. The van der Waals surface area contributed by atoms with Gasteiger partial charge in [-0.05, 0) is 31.4 Å². The van der Waals surface area contributed by atoms with E-state index < -0.39 is 0 Å². The Morgan fingerprint density at radius 2 is 1.81 bits per heavy atom. The van der Waals surface area contributed by atoms with Gasteiger partial charge in [-0.25, -0.2) is 0 Å². The maximum atomic E-state index is 6.04. The first-order valence-electron chi connectivity index (χ1n) is 6.21. The molecule has 1 heterocycles. The number of rotatable bonds is 2. The Kier molecular flexibility index (Phi) is 4.11.